The van der Waals surface area contributed by atoms with Gasteiger partial charge in [-0.15, -0.1) is 12.4 Å². The van der Waals surface area contributed by atoms with E-state index in [9.17, 15) is 9.59 Å². The largest absolute Gasteiger partial charge is 0.483 e. The highest BCUT2D eigenvalue weighted by atomic mass is 35.5. The van der Waals surface area contributed by atoms with Crippen molar-refractivity contribution in [2.45, 2.75) is 0 Å². The summed E-state index contributed by atoms with van der Waals surface area (Å²) in [7, 11) is 1.33. The van der Waals surface area contributed by atoms with Gasteiger partial charge in [0.05, 0.1) is 18.2 Å². The smallest absolute Gasteiger partial charge is 0.262 e. The van der Waals surface area contributed by atoms with Gasteiger partial charge in [-0.2, -0.15) is 0 Å². The molecule has 1 aromatic rings. The second-order valence-corrected chi connectivity index (χ2v) is 3.37. The molecule has 0 bridgehead atoms. The van der Waals surface area contributed by atoms with Gasteiger partial charge in [0, 0.05) is 0 Å². The molecule has 6 heteroatoms. The van der Waals surface area contributed by atoms with Crippen molar-refractivity contribution in [2.24, 2.45) is 0 Å². The van der Waals surface area contributed by atoms with E-state index < -0.39 is 0 Å². The molecular weight excluding hydrogens is 244 g/mol. The van der Waals surface area contributed by atoms with Crippen molar-refractivity contribution in [3.8, 4) is 0 Å². The van der Waals surface area contributed by atoms with Crippen LogP contribution in [-0.2, 0) is 4.74 Å². The number of fused-ring (bicyclic) bond motifs is 1. The number of benzene rings is 1. The summed E-state index contributed by atoms with van der Waals surface area (Å²) >= 11 is 0. The van der Waals surface area contributed by atoms with Gasteiger partial charge in [-0.3, -0.25) is 19.9 Å². The van der Waals surface area contributed by atoms with Gasteiger partial charge in [0.25, 0.3) is 11.8 Å². The first-order valence-electron chi connectivity index (χ1n) is 4.71. The van der Waals surface area contributed by atoms with Gasteiger partial charge in [-0.25, -0.2) is 0 Å². The maximum Gasteiger partial charge on any atom is 0.262 e. The van der Waals surface area contributed by atoms with Crippen LogP contribution in [0.3, 0.4) is 0 Å². The molecule has 2 amide bonds. The van der Waals surface area contributed by atoms with Crippen LogP contribution >= 0.6 is 12.4 Å². The lowest BCUT2D eigenvalue weighted by Crippen LogP contribution is -2.35. The van der Waals surface area contributed by atoms with Crippen molar-refractivity contribution in [1.82, 2.24) is 4.90 Å². The van der Waals surface area contributed by atoms with E-state index in [0.29, 0.717) is 11.1 Å². The number of ether oxygens (including phenoxy) is 1. The van der Waals surface area contributed by atoms with E-state index in [4.69, 9.17) is 5.41 Å². The number of nitrogens with one attached hydrogen (secondary N) is 1. The lowest BCUT2D eigenvalue weighted by Gasteiger charge is -2.12. The minimum atomic E-state index is -0.373. The highest BCUT2D eigenvalue weighted by Crippen LogP contribution is 2.21. The third-order valence-electron chi connectivity index (χ3n) is 2.43. The second-order valence-electron chi connectivity index (χ2n) is 3.37. The summed E-state index contributed by atoms with van der Waals surface area (Å²) in [5.74, 6) is -0.862. The maximum atomic E-state index is 11.8. The van der Waals surface area contributed by atoms with E-state index in [0.717, 1.165) is 4.90 Å². The Morgan fingerprint density at radius 2 is 1.71 bits per heavy atom. The lowest BCUT2D eigenvalue weighted by atomic mass is 10.1. The number of carbonyl (C=O) groups excluding carboxylic acids is 2. The monoisotopic (exact) mass is 254 g/mol. The molecule has 0 spiro atoms. The molecule has 1 aliphatic heterocycles. The Hall–Kier alpha value is -1.88. The summed E-state index contributed by atoms with van der Waals surface area (Å²) in [5, 5.41) is 7.32. The number of amides is 2. The molecule has 0 fully saturated rings. The minimum absolute atomic E-state index is 0. The molecule has 17 heavy (non-hydrogen) atoms. The minimum Gasteiger partial charge on any atom is -0.483 e. The zero-order valence-electron chi connectivity index (χ0n) is 9.10. The van der Waals surface area contributed by atoms with Crippen LogP contribution in [0.2, 0.25) is 0 Å². The molecule has 0 aliphatic carbocycles. The Bertz CT molecular complexity index is 452. The molecule has 0 saturated carbocycles. The quantitative estimate of drug-likeness (QED) is 0.492. The molecule has 0 saturated heterocycles. The average molecular weight is 255 g/mol. The van der Waals surface area contributed by atoms with Crippen molar-refractivity contribution in [2.75, 3.05) is 13.7 Å². The number of methoxy groups -OCH3 is 1. The van der Waals surface area contributed by atoms with Crippen molar-refractivity contribution in [1.29, 1.82) is 5.41 Å². The molecule has 5 nitrogen and oxygen atoms in total. The van der Waals surface area contributed by atoms with Gasteiger partial charge in [0.15, 0.2) is 0 Å². The molecule has 0 radical (unpaired) electrons. The van der Waals surface area contributed by atoms with Gasteiger partial charge in [0.2, 0.25) is 5.90 Å². The van der Waals surface area contributed by atoms with Crippen LogP contribution < -0.4 is 0 Å². The summed E-state index contributed by atoms with van der Waals surface area (Å²) in [6.45, 7) is -0.122. The van der Waals surface area contributed by atoms with Crippen LogP contribution in [0.25, 0.3) is 0 Å². The standard InChI is InChI=1S/C11H10N2O3.ClH/c1-16-9(12)6-13-10(14)7-4-2-3-5-8(7)11(13)15;/h2-5,12H,6H2,1H3;1H. The molecule has 1 heterocycles. The fourth-order valence-corrected chi connectivity index (χ4v) is 1.59. The topological polar surface area (TPSA) is 70.5 Å². The summed E-state index contributed by atoms with van der Waals surface area (Å²) in [6, 6.07) is 6.61. The van der Waals surface area contributed by atoms with Crippen molar-refractivity contribution in [3.63, 3.8) is 0 Å². The number of carbonyl (C=O) groups is 2. The molecule has 1 N–H and O–H groups in total. The van der Waals surface area contributed by atoms with E-state index in [2.05, 4.69) is 4.74 Å². The van der Waals surface area contributed by atoms with Crippen LogP contribution in [-0.4, -0.2) is 36.3 Å². The predicted octanol–water partition coefficient (Wildman–Crippen LogP) is 1.33. The van der Waals surface area contributed by atoms with E-state index in [1.54, 1.807) is 24.3 Å². The molecule has 1 aromatic carbocycles. The number of hydrogen-bond donors (Lipinski definition) is 1. The Kier molecular flexibility index (Phi) is 3.85. The van der Waals surface area contributed by atoms with E-state index in [1.807, 2.05) is 0 Å². The lowest BCUT2D eigenvalue weighted by molar-refractivity contribution is 0.0669. The third-order valence-corrected chi connectivity index (χ3v) is 2.43. The molecule has 90 valence electrons. The number of hydrogen-bond acceptors (Lipinski definition) is 4. The summed E-state index contributed by atoms with van der Waals surface area (Å²) in [6.07, 6.45) is 0. The first kappa shape index (κ1) is 13.2. The summed E-state index contributed by atoms with van der Waals surface area (Å²) in [4.78, 5) is 24.6. The average Bonchev–Trinajstić information content (AvgIpc) is 2.55. The highest BCUT2D eigenvalue weighted by Gasteiger charge is 2.35. The fraction of sp³-hybridized carbons (Fsp3) is 0.182. The van der Waals surface area contributed by atoms with Crippen molar-refractivity contribution >= 4 is 30.1 Å². The number of nitrogens with zero attached hydrogens (tertiary/aromatic N) is 1. The van der Waals surface area contributed by atoms with Gasteiger partial charge in [0.1, 0.15) is 6.54 Å². The Labute approximate surface area is 104 Å². The van der Waals surface area contributed by atoms with E-state index in [-0.39, 0.29) is 36.7 Å². The maximum absolute atomic E-state index is 11.8. The Morgan fingerprint density at radius 1 is 1.24 bits per heavy atom. The Morgan fingerprint density at radius 3 is 2.12 bits per heavy atom. The number of halogens is 1. The SMILES string of the molecule is COC(=N)CN1C(=O)c2ccccc2C1=O.Cl. The van der Waals surface area contributed by atoms with Crippen LogP contribution in [0.5, 0.6) is 0 Å². The first-order chi connectivity index (χ1) is 7.65. The Balaban J connectivity index is 0.00000144. The van der Waals surface area contributed by atoms with Crippen molar-refractivity contribution in [3.05, 3.63) is 35.4 Å². The molecule has 0 unspecified atom stereocenters. The van der Waals surface area contributed by atoms with Crippen LogP contribution in [0.15, 0.2) is 24.3 Å². The zero-order chi connectivity index (χ0) is 11.7. The zero-order valence-corrected chi connectivity index (χ0v) is 9.91. The van der Waals surface area contributed by atoms with Gasteiger partial charge >= 0.3 is 0 Å². The van der Waals surface area contributed by atoms with E-state index in [1.165, 1.54) is 7.11 Å². The van der Waals surface area contributed by atoms with Crippen LogP contribution in [0.4, 0.5) is 0 Å². The summed E-state index contributed by atoms with van der Waals surface area (Å²) in [5.41, 5.74) is 0.771. The molecule has 0 aromatic heterocycles. The van der Waals surface area contributed by atoms with Crippen molar-refractivity contribution < 1.29 is 14.3 Å². The predicted molar refractivity (Wildman–Crippen MR) is 63.8 cm³/mol. The van der Waals surface area contributed by atoms with Gasteiger partial charge in [-0.1, -0.05) is 12.1 Å². The molecule has 1 aliphatic rings. The molecule has 0 atom stereocenters. The number of rotatable bonds is 2. The number of imide groups is 1. The van der Waals surface area contributed by atoms with Gasteiger partial charge in [-0.05, 0) is 12.1 Å². The van der Waals surface area contributed by atoms with Crippen LogP contribution in [0.1, 0.15) is 20.7 Å². The molecule has 2 rings (SSSR count). The van der Waals surface area contributed by atoms with E-state index >= 15 is 0 Å². The fourth-order valence-electron chi connectivity index (χ4n) is 1.59. The normalized spacial score (nSPS) is 13.1. The first-order valence-corrected chi connectivity index (χ1v) is 4.71. The molecular formula is C11H11ClN2O3. The summed E-state index contributed by atoms with van der Waals surface area (Å²) < 4.78 is 4.64. The highest BCUT2D eigenvalue weighted by molar-refractivity contribution is 6.22. The second kappa shape index (κ2) is 4.97. The third kappa shape index (κ3) is 2.14. The van der Waals surface area contributed by atoms with Gasteiger partial charge < -0.3 is 4.74 Å². The van der Waals surface area contributed by atoms with Crippen LogP contribution in [0, 0.1) is 5.41 Å².